The number of hydrogen-bond acceptors (Lipinski definition) is 14. The molecule has 0 unspecified atom stereocenters. The van der Waals surface area contributed by atoms with Gasteiger partial charge in [0, 0.05) is 26.4 Å². The maximum atomic E-state index is 10.5. The fourth-order valence-electron chi connectivity index (χ4n) is 2.25. The van der Waals surface area contributed by atoms with E-state index in [-0.39, 0.29) is 55.2 Å². The number of likely N-dealkylation sites (N-methyl/N-ethyl adjacent to an activating group) is 1. The van der Waals surface area contributed by atoms with Crippen LogP contribution in [0.15, 0.2) is 0 Å². The topological polar surface area (TPSA) is 189 Å². The summed E-state index contributed by atoms with van der Waals surface area (Å²) in [7, 11) is 7.71. The van der Waals surface area contributed by atoms with Crippen molar-refractivity contribution in [3.63, 3.8) is 0 Å². The quantitative estimate of drug-likeness (QED) is 0.0237. The van der Waals surface area contributed by atoms with Gasteiger partial charge in [0.25, 0.3) is 0 Å². The van der Waals surface area contributed by atoms with Crippen molar-refractivity contribution in [2.24, 2.45) is 0 Å². The first-order valence-electron chi connectivity index (χ1n) is 12.5. The molecule has 0 aliphatic rings. The Labute approximate surface area is 292 Å². The largest absolute Gasteiger partial charge is 1.00 e. The first-order chi connectivity index (χ1) is 20.7. The summed E-state index contributed by atoms with van der Waals surface area (Å²) in [5.74, 6) is -2.75. The van der Waals surface area contributed by atoms with Gasteiger partial charge in [0.2, 0.25) is 5.91 Å². The molecule has 18 heteroatoms. The fraction of sp³-hybridized carbons (Fsp3) is 0.593. The van der Waals surface area contributed by atoms with E-state index in [1.165, 1.54) is 6.92 Å². The van der Waals surface area contributed by atoms with E-state index in [0.29, 0.717) is 17.6 Å². The van der Waals surface area contributed by atoms with Gasteiger partial charge in [-0.3, -0.25) is 19.5 Å². The third kappa shape index (κ3) is 57.2. The Bertz CT molecular complexity index is 895. The van der Waals surface area contributed by atoms with Crippen LogP contribution < -0.4 is 50.6 Å². The number of amides is 1. The van der Waals surface area contributed by atoms with Crippen LogP contribution in [0.5, 0.6) is 0 Å². The van der Waals surface area contributed by atoms with Crippen LogP contribution >= 0.6 is 11.6 Å². The number of rotatable bonds is 20. The number of terminal acetylenes is 4. The zero-order valence-corrected chi connectivity index (χ0v) is 29.4. The Kier molecular flexibility index (Phi) is 44.5. The average molecular weight is 673 g/mol. The fourth-order valence-corrected chi connectivity index (χ4v) is 2.25. The van der Waals surface area contributed by atoms with E-state index in [1.807, 2.05) is 34.3 Å². The summed E-state index contributed by atoms with van der Waals surface area (Å²) in [6, 6.07) is 0. The normalized spacial score (nSPS) is 9.16. The van der Waals surface area contributed by atoms with Crippen LogP contribution in [0.25, 0.3) is 0 Å². The van der Waals surface area contributed by atoms with Gasteiger partial charge in [-0.2, -0.15) is 14.7 Å². The van der Waals surface area contributed by atoms with Crippen LogP contribution in [0.3, 0.4) is 0 Å². The minimum atomic E-state index is -1.23. The SMILES string of the molecule is C#CONCCCN(C)C.C#COOCC(COOC#C)OOC#C.CC(=O)NCCC[N+](C)(C)CC(=O)[O-].O=C([O-])CCl.[Na+]. The molecule has 2 N–H and O–H groups in total. The monoisotopic (exact) mass is 672 g/mol. The maximum absolute atomic E-state index is 10.5. The van der Waals surface area contributed by atoms with E-state index in [0.717, 1.165) is 25.9 Å². The smallest absolute Gasteiger partial charge is 0.549 e. The minimum Gasteiger partial charge on any atom is -0.549 e. The number of carbonyl (C=O) groups excluding carboxylic acids is 3. The van der Waals surface area contributed by atoms with Gasteiger partial charge in [0.15, 0.2) is 24.4 Å². The Hall–Kier alpha value is -3.10. The Morgan fingerprint density at radius 2 is 1.40 bits per heavy atom. The number of quaternary nitrogens is 1. The first kappa shape index (κ1) is 51.5. The predicted octanol–water partition coefficient (Wildman–Crippen LogP) is -5.66. The van der Waals surface area contributed by atoms with Crippen molar-refractivity contribution >= 4 is 29.4 Å². The molecule has 250 valence electrons. The second-order valence-corrected chi connectivity index (χ2v) is 8.96. The number of carboxylic acids is 2. The Morgan fingerprint density at radius 1 is 0.889 bits per heavy atom. The number of halogens is 1. The van der Waals surface area contributed by atoms with Gasteiger partial charge in [0.1, 0.15) is 25.9 Å². The molecule has 0 spiro atoms. The van der Waals surface area contributed by atoms with Crippen LogP contribution in [-0.4, -0.2) is 113 Å². The number of carbonyl (C=O) groups is 3. The summed E-state index contributed by atoms with van der Waals surface area (Å²) in [5.41, 5.74) is 2.63. The van der Waals surface area contributed by atoms with Crippen LogP contribution in [0.4, 0.5) is 0 Å². The van der Waals surface area contributed by atoms with Gasteiger partial charge >= 0.3 is 29.6 Å². The molecule has 0 aliphatic heterocycles. The number of aliphatic carboxylic acids is 2. The van der Waals surface area contributed by atoms with E-state index in [4.69, 9.17) is 35.6 Å². The second-order valence-electron chi connectivity index (χ2n) is 8.69. The van der Waals surface area contributed by atoms with Gasteiger partial charge in [-0.05, 0) is 27.1 Å². The van der Waals surface area contributed by atoms with Crippen molar-refractivity contribution in [2.45, 2.75) is 25.9 Å². The molecule has 0 aromatic heterocycles. The Morgan fingerprint density at radius 3 is 1.78 bits per heavy atom. The molecular formula is C27H42ClN4NaO12. The molecular weight excluding hydrogens is 631 g/mol. The van der Waals surface area contributed by atoms with E-state index >= 15 is 0 Å². The predicted molar refractivity (Wildman–Crippen MR) is 153 cm³/mol. The molecule has 0 aliphatic carbocycles. The summed E-state index contributed by atoms with van der Waals surface area (Å²) >= 11 is 4.67. The summed E-state index contributed by atoms with van der Waals surface area (Å²) in [6.07, 6.45) is 27.6. The van der Waals surface area contributed by atoms with Gasteiger partial charge in [-0.1, -0.05) is 25.7 Å². The number of carboxylic acid groups (broad SMARTS) is 2. The second kappa shape index (κ2) is 38.9. The van der Waals surface area contributed by atoms with E-state index < -0.39 is 23.9 Å². The average Bonchev–Trinajstić information content (AvgIpc) is 2.94. The van der Waals surface area contributed by atoms with Crippen LogP contribution in [-0.2, 0) is 48.5 Å². The number of hydrogen-bond donors (Lipinski definition) is 2. The van der Waals surface area contributed by atoms with Crippen molar-refractivity contribution in [1.29, 1.82) is 0 Å². The third-order valence-electron chi connectivity index (χ3n) is 3.95. The minimum absolute atomic E-state index is 0. The molecule has 1 amide bonds. The zero-order valence-electron chi connectivity index (χ0n) is 26.6. The standard InChI is InChI=1S/C9H18N2O3.C9H8O6.C7H14N2O.C2H3ClO2.Na/c1-8(12)10-5-4-6-11(2,3)7-9(13)14;1-4-10-13-7-9(15-12-6-3)8-14-11-5-2;1-4-10-8-6-5-7-9(2)3;3-1-2(4)5;/h4-7H2,1-3H3,(H-,10,12,13,14);1-3,9H,7-8H2;1,8H,5-7H2,2-3H3;1H2,(H,4,5);/q;;;;+1/p-1. The zero-order chi connectivity index (χ0) is 34.7. The van der Waals surface area contributed by atoms with Gasteiger partial charge < -0.3 is 39.3 Å². The number of hydroxylamine groups is 1. The van der Waals surface area contributed by atoms with E-state index in [9.17, 15) is 14.7 Å². The van der Waals surface area contributed by atoms with Crippen molar-refractivity contribution < 1.29 is 92.8 Å². The van der Waals surface area contributed by atoms with Gasteiger partial charge in [-0.25, -0.2) is 0 Å². The molecule has 45 heavy (non-hydrogen) atoms. The summed E-state index contributed by atoms with van der Waals surface area (Å²) in [6.45, 7) is 4.42. The number of nitrogens with one attached hydrogen (secondary N) is 2. The molecule has 0 fully saturated rings. The van der Waals surface area contributed by atoms with Crippen molar-refractivity contribution in [3.8, 4) is 50.1 Å². The molecule has 0 bridgehead atoms. The van der Waals surface area contributed by atoms with Gasteiger partial charge in [-0.15, -0.1) is 17.1 Å². The first-order valence-corrected chi connectivity index (χ1v) is 13.0. The molecule has 0 radical (unpaired) electrons. The maximum Gasteiger partial charge on any atom is 1.00 e. The molecule has 0 aromatic carbocycles. The molecule has 0 atom stereocenters. The van der Waals surface area contributed by atoms with Crippen LogP contribution in [0.1, 0.15) is 19.8 Å². The molecule has 0 heterocycles. The third-order valence-corrected chi connectivity index (χ3v) is 4.17. The molecule has 0 saturated heterocycles. The number of nitrogens with zero attached hydrogens (tertiary/aromatic N) is 2. The van der Waals surface area contributed by atoms with Crippen molar-refractivity contribution in [1.82, 2.24) is 15.7 Å². The summed E-state index contributed by atoms with van der Waals surface area (Å²) in [5, 5.41) is 22.1. The summed E-state index contributed by atoms with van der Waals surface area (Å²) < 4.78 is 0.377. The Balaban J connectivity index is -0.000000166. The molecule has 16 nitrogen and oxygen atoms in total. The molecule has 0 rings (SSSR count). The number of alkyl halides is 1. The van der Waals surface area contributed by atoms with Crippen LogP contribution in [0, 0.1) is 50.1 Å². The van der Waals surface area contributed by atoms with E-state index in [2.05, 4.69) is 61.5 Å². The van der Waals surface area contributed by atoms with Crippen LogP contribution in [0.2, 0.25) is 0 Å². The van der Waals surface area contributed by atoms with E-state index in [1.54, 1.807) is 18.3 Å². The molecule has 0 aromatic rings. The van der Waals surface area contributed by atoms with Crippen molar-refractivity contribution in [3.05, 3.63) is 0 Å². The summed E-state index contributed by atoms with van der Waals surface area (Å²) in [4.78, 5) is 62.7. The van der Waals surface area contributed by atoms with Crippen molar-refractivity contribution in [2.75, 3.05) is 80.0 Å². The van der Waals surface area contributed by atoms with Gasteiger partial charge in [0.05, 0.1) is 38.5 Å². The molecule has 0 saturated carbocycles.